The highest BCUT2D eigenvalue weighted by Gasteiger charge is 2.22. The Hall–Kier alpha value is -3.53. The van der Waals surface area contributed by atoms with E-state index in [2.05, 4.69) is 55.5 Å². The quantitative estimate of drug-likeness (QED) is 0.306. The number of methoxy groups -OCH3 is 1. The fourth-order valence-electron chi connectivity index (χ4n) is 5.28. The summed E-state index contributed by atoms with van der Waals surface area (Å²) in [7, 11) is 1.67. The van der Waals surface area contributed by atoms with Crippen molar-refractivity contribution in [1.29, 1.82) is 0 Å². The van der Waals surface area contributed by atoms with Gasteiger partial charge in [-0.1, -0.05) is 49.4 Å². The maximum Gasteiger partial charge on any atom is 0.246 e. The number of benzene rings is 3. The molecule has 1 atom stereocenters. The molecule has 1 saturated heterocycles. The predicted octanol–water partition coefficient (Wildman–Crippen LogP) is 7.23. The molecule has 4 aromatic rings. The van der Waals surface area contributed by atoms with Crippen LogP contribution in [0.5, 0.6) is 5.75 Å². The molecular formula is C30H31NO3. The van der Waals surface area contributed by atoms with Crippen LogP contribution in [-0.4, -0.2) is 31.0 Å². The lowest BCUT2D eigenvalue weighted by Crippen LogP contribution is -2.38. The van der Waals surface area contributed by atoms with Crippen molar-refractivity contribution in [2.45, 2.75) is 33.6 Å². The number of hydrogen-bond donors (Lipinski definition) is 0. The lowest BCUT2D eigenvalue weighted by Gasteiger charge is -2.30. The zero-order valence-corrected chi connectivity index (χ0v) is 20.4. The van der Waals surface area contributed by atoms with Crippen molar-refractivity contribution in [2.24, 2.45) is 5.92 Å². The van der Waals surface area contributed by atoms with Crippen molar-refractivity contribution in [3.63, 3.8) is 0 Å². The van der Waals surface area contributed by atoms with Gasteiger partial charge in [0.05, 0.1) is 13.4 Å². The minimum atomic E-state index is 0.0744. The molecule has 0 aliphatic carbocycles. The normalized spacial score (nSPS) is 16.9. The van der Waals surface area contributed by atoms with Gasteiger partial charge in [0.25, 0.3) is 0 Å². The summed E-state index contributed by atoms with van der Waals surface area (Å²) in [6, 6.07) is 16.8. The highest BCUT2D eigenvalue weighted by molar-refractivity contribution is 6.07. The average Bonchev–Trinajstić information content (AvgIpc) is 3.27. The summed E-state index contributed by atoms with van der Waals surface area (Å²) in [5, 5.41) is 3.40. The number of allylic oxidation sites excluding steroid dienone is 1. The molecule has 4 heteroatoms. The van der Waals surface area contributed by atoms with Crippen LogP contribution in [-0.2, 0) is 4.79 Å². The van der Waals surface area contributed by atoms with Crippen LogP contribution >= 0.6 is 0 Å². The number of nitrogens with zero attached hydrogens (tertiary/aromatic N) is 1. The van der Waals surface area contributed by atoms with Crippen LogP contribution < -0.4 is 4.74 Å². The Bertz CT molecular complexity index is 1410. The van der Waals surface area contributed by atoms with Gasteiger partial charge >= 0.3 is 0 Å². The molecule has 0 bridgehead atoms. The van der Waals surface area contributed by atoms with Crippen molar-refractivity contribution in [2.75, 3.05) is 20.2 Å². The third kappa shape index (κ3) is 3.87. The number of likely N-dealkylation sites (tertiary alicyclic amines) is 1. The number of fused-ring (bicyclic) bond motifs is 2. The largest absolute Gasteiger partial charge is 0.496 e. The summed E-state index contributed by atoms with van der Waals surface area (Å²) in [5.74, 6) is 1.37. The van der Waals surface area contributed by atoms with E-state index in [-0.39, 0.29) is 5.91 Å². The molecule has 1 unspecified atom stereocenters. The van der Waals surface area contributed by atoms with Gasteiger partial charge in [-0.2, -0.15) is 0 Å². The number of carbonyl (C=O) groups excluding carboxylic acids is 1. The average molecular weight is 454 g/mol. The Morgan fingerprint density at radius 1 is 1.12 bits per heavy atom. The minimum Gasteiger partial charge on any atom is -0.496 e. The summed E-state index contributed by atoms with van der Waals surface area (Å²) in [4.78, 5) is 15.0. The second-order valence-electron chi connectivity index (χ2n) is 9.49. The van der Waals surface area contributed by atoms with E-state index in [0.717, 1.165) is 64.1 Å². The van der Waals surface area contributed by atoms with Crippen LogP contribution in [0.1, 0.15) is 37.8 Å². The molecule has 1 aromatic heterocycles. The summed E-state index contributed by atoms with van der Waals surface area (Å²) < 4.78 is 11.9. The fraction of sp³-hybridized carbons (Fsp3) is 0.300. The van der Waals surface area contributed by atoms with Gasteiger partial charge in [-0.25, -0.2) is 0 Å². The summed E-state index contributed by atoms with van der Waals surface area (Å²) in [5.41, 5.74) is 5.75. The molecule has 0 spiro atoms. The van der Waals surface area contributed by atoms with E-state index < -0.39 is 0 Å². The van der Waals surface area contributed by atoms with Crippen LogP contribution in [0.25, 0.3) is 38.4 Å². The molecule has 0 radical (unpaired) electrons. The first-order chi connectivity index (χ1) is 16.5. The van der Waals surface area contributed by atoms with Crippen LogP contribution in [0.4, 0.5) is 0 Å². The van der Waals surface area contributed by atoms with Crippen molar-refractivity contribution < 1.29 is 13.9 Å². The lowest BCUT2D eigenvalue weighted by atomic mass is 9.94. The number of furan rings is 1. The smallest absolute Gasteiger partial charge is 0.246 e. The molecule has 1 aliphatic rings. The minimum absolute atomic E-state index is 0.0744. The van der Waals surface area contributed by atoms with Crippen molar-refractivity contribution in [1.82, 2.24) is 4.90 Å². The van der Waals surface area contributed by atoms with E-state index in [1.54, 1.807) is 13.2 Å². The van der Waals surface area contributed by atoms with E-state index in [1.807, 2.05) is 25.0 Å². The van der Waals surface area contributed by atoms with Gasteiger partial charge in [0.2, 0.25) is 5.91 Å². The maximum atomic E-state index is 13.1. The van der Waals surface area contributed by atoms with Gasteiger partial charge in [0.15, 0.2) is 0 Å². The number of rotatable bonds is 4. The van der Waals surface area contributed by atoms with Crippen LogP contribution in [0.3, 0.4) is 0 Å². The molecule has 3 aromatic carbocycles. The third-order valence-corrected chi connectivity index (χ3v) is 7.06. The van der Waals surface area contributed by atoms with Gasteiger partial charge < -0.3 is 14.1 Å². The van der Waals surface area contributed by atoms with Crippen molar-refractivity contribution in [3.05, 3.63) is 72.0 Å². The molecule has 174 valence electrons. The molecular weight excluding hydrogens is 422 g/mol. The maximum absolute atomic E-state index is 13.1. The van der Waals surface area contributed by atoms with Crippen LogP contribution in [0.2, 0.25) is 0 Å². The molecule has 34 heavy (non-hydrogen) atoms. The van der Waals surface area contributed by atoms with E-state index in [4.69, 9.17) is 9.15 Å². The molecule has 2 heterocycles. The molecule has 1 fully saturated rings. The van der Waals surface area contributed by atoms with Gasteiger partial charge in [-0.05, 0) is 60.6 Å². The number of carbonyl (C=O) groups is 1. The van der Waals surface area contributed by atoms with E-state index >= 15 is 0 Å². The first-order valence-corrected chi connectivity index (χ1v) is 12.0. The lowest BCUT2D eigenvalue weighted by molar-refractivity contribution is -0.127. The van der Waals surface area contributed by atoms with Crippen molar-refractivity contribution >= 4 is 33.2 Å². The highest BCUT2D eigenvalue weighted by Crippen LogP contribution is 2.42. The third-order valence-electron chi connectivity index (χ3n) is 7.06. The Morgan fingerprint density at radius 2 is 1.91 bits per heavy atom. The van der Waals surface area contributed by atoms with Gasteiger partial charge in [0, 0.05) is 41.2 Å². The number of hydrogen-bond acceptors (Lipinski definition) is 3. The SMILES string of the molecule is COc1c(/C(C)=C/C(=O)N2CCCC(C)C2)cc2c(-c3cccc4ccccc34)coc2c1C. The number of amides is 1. The van der Waals surface area contributed by atoms with Gasteiger partial charge in [0.1, 0.15) is 11.3 Å². The molecule has 1 aliphatic heterocycles. The predicted molar refractivity (Wildman–Crippen MR) is 139 cm³/mol. The summed E-state index contributed by atoms with van der Waals surface area (Å²) in [6.07, 6.45) is 5.85. The van der Waals surface area contributed by atoms with Crippen LogP contribution in [0.15, 0.2) is 65.3 Å². The highest BCUT2D eigenvalue weighted by atomic mass is 16.5. The monoisotopic (exact) mass is 453 g/mol. The van der Waals surface area contributed by atoms with Gasteiger partial charge in [-0.3, -0.25) is 4.79 Å². The number of piperidine rings is 1. The van der Waals surface area contributed by atoms with Crippen LogP contribution in [0, 0.1) is 12.8 Å². The first-order valence-electron chi connectivity index (χ1n) is 12.0. The Morgan fingerprint density at radius 3 is 2.71 bits per heavy atom. The van der Waals surface area contributed by atoms with Gasteiger partial charge in [-0.15, -0.1) is 0 Å². The summed E-state index contributed by atoms with van der Waals surface area (Å²) >= 11 is 0. The summed E-state index contributed by atoms with van der Waals surface area (Å²) in [6.45, 7) is 7.87. The Kier molecular flexibility index (Phi) is 5.91. The Balaban J connectivity index is 1.63. The van der Waals surface area contributed by atoms with E-state index in [0.29, 0.717) is 5.92 Å². The second-order valence-corrected chi connectivity index (χ2v) is 9.49. The molecule has 1 amide bonds. The molecule has 4 nitrogen and oxygen atoms in total. The zero-order chi connectivity index (χ0) is 23.8. The number of ether oxygens (including phenoxy) is 1. The number of aryl methyl sites for hydroxylation is 1. The Labute approximate surface area is 200 Å². The van der Waals surface area contributed by atoms with E-state index in [9.17, 15) is 4.79 Å². The molecule has 0 saturated carbocycles. The first kappa shape index (κ1) is 22.3. The van der Waals surface area contributed by atoms with E-state index in [1.165, 1.54) is 17.2 Å². The zero-order valence-electron chi connectivity index (χ0n) is 20.4. The van der Waals surface area contributed by atoms with Crippen molar-refractivity contribution in [3.8, 4) is 16.9 Å². The molecule has 5 rings (SSSR count). The molecule has 0 N–H and O–H groups in total. The topological polar surface area (TPSA) is 42.7 Å². The fourth-order valence-corrected chi connectivity index (χ4v) is 5.28. The second kappa shape index (κ2) is 9.02. The standard InChI is InChI=1S/C30H31NO3/c1-19-9-8-14-31(17-19)28(32)15-20(2)25-16-26-27(18-34-30(26)21(3)29(25)33-4)24-13-7-11-22-10-5-6-12-23(22)24/h5-7,10-13,15-16,18-19H,8-9,14,17H2,1-4H3/b20-15+.